The molecule has 5 aliphatic heterocycles. The molecule has 5 fully saturated rings. The zero-order chi connectivity index (χ0) is 83.8. The number of halogens is 1. The van der Waals surface area contributed by atoms with Crippen molar-refractivity contribution in [1.29, 1.82) is 10.5 Å². The SMILES string of the molecule is CC(C)(C)OC(=O)N[C@@H]1CCCCNC1.CN(C)C(=O)N1CCCC[C@@H](NC(=O)OC(C)(C)C)C1.CN(C)C(=O)N1CCCC[C@@H](Nc2cnc(C#N)c(Cl)n2)C1.Cc1cc(Nc2nc(N[C@@H]3CCCCN(C(=O)N(C)C)C3)cnc2C#N)sn1.Cc1cc(Nc2nc(N[C@@H]3CCCCN(C(=O)N(C)C)C3)cnc2C(N)=O)sn1. The van der Waals surface area contributed by atoms with Crippen molar-refractivity contribution in [3.05, 3.63) is 64.3 Å². The first kappa shape index (κ1) is 92.7. The summed E-state index contributed by atoms with van der Waals surface area (Å²) < 4.78 is 18.9. The third kappa shape index (κ3) is 32.7. The van der Waals surface area contributed by atoms with E-state index in [-0.39, 0.29) is 88.5 Å². The number of hydrogen-bond donors (Lipinski definition) is 9. The molecule has 5 atom stereocenters. The second-order valence-corrected chi connectivity index (χ2v) is 33.2. The maximum absolute atomic E-state index is 12.4. The number of urea groups is 4. The van der Waals surface area contributed by atoms with Crippen molar-refractivity contribution in [3.63, 3.8) is 0 Å². The molecule has 10 rings (SSSR count). The van der Waals surface area contributed by atoms with E-state index in [2.05, 4.69) is 87.3 Å². The number of nitriles is 2. The summed E-state index contributed by atoms with van der Waals surface area (Å²) in [5.41, 5.74) is 6.69. The zero-order valence-electron chi connectivity index (χ0n) is 68.9. The second-order valence-electron chi connectivity index (χ2n) is 31.2. The van der Waals surface area contributed by atoms with E-state index in [9.17, 15) is 38.8 Å². The minimum Gasteiger partial charge on any atom is -0.444 e. The Morgan fingerprint density at radius 2 is 0.860 bits per heavy atom. The number of carbonyl (C=O) groups excluding carboxylic acids is 7. The van der Waals surface area contributed by atoms with Crippen LogP contribution < -0.4 is 48.3 Å². The fraction of sp³-hybridized carbons (Fsp3) is 0.640. The molecule has 5 aliphatic rings. The lowest BCUT2D eigenvalue weighted by Crippen LogP contribution is -2.48. The van der Waals surface area contributed by atoms with Gasteiger partial charge < -0.3 is 96.9 Å². The summed E-state index contributed by atoms with van der Waals surface area (Å²) >= 11 is 8.46. The number of ether oxygens (including phenoxy) is 2. The average molecular weight is 1640 g/mol. The molecule has 0 unspecified atom stereocenters. The number of rotatable bonds is 13. The van der Waals surface area contributed by atoms with Gasteiger partial charge in [-0.25, -0.2) is 58.7 Å². The van der Waals surface area contributed by atoms with Crippen molar-refractivity contribution in [1.82, 2.24) is 93.8 Å². The fourth-order valence-corrected chi connectivity index (χ4v) is 14.0. The Labute approximate surface area is 683 Å². The van der Waals surface area contributed by atoms with Crippen LogP contribution in [0.5, 0.6) is 0 Å². The molecule has 5 saturated heterocycles. The number of carbonyl (C=O) groups is 7. The number of aromatic nitrogens is 8. The van der Waals surface area contributed by atoms with Gasteiger partial charge in [0.15, 0.2) is 33.9 Å². The highest BCUT2D eigenvalue weighted by Gasteiger charge is 2.30. The van der Waals surface area contributed by atoms with Crippen LogP contribution in [-0.4, -0.2) is 283 Å². The van der Waals surface area contributed by atoms with Gasteiger partial charge in [0, 0.05) is 145 Å². The lowest BCUT2D eigenvalue weighted by molar-refractivity contribution is 0.0486. The topological polar surface area (TPSA) is 437 Å². The van der Waals surface area contributed by atoms with Crippen LogP contribution in [0.2, 0.25) is 5.15 Å². The molecule has 0 spiro atoms. The summed E-state index contributed by atoms with van der Waals surface area (Å²) in [6.07, 6.45) is 18.8. The van der Waals surface area contributed by atoms with Gasteiger partial charge in [-0.15, -0.1) is 0 Å². The highest BCUT2D eigenvalue weighted by Crippen LogP contribution is 2.28. The van der Waals surface area contributed by atoms with E-state index in [1.54, 1.807) is 87.1 Å². The number of hydrogen-bond acceptors (Lipinski definition) is 27. The Hall–Kier alpha value is -10.2. The molecule has 10 heterocycles. The van der Waals surface area contributed by atoms with Crippen LogP contribution in [-0.2, 0) is 9.47 Å². The lowest BCUT2D eigenvalue weighted by atomic mass is 10.1. The molecule has 39 heteroatoms. The molecule has 0 bridgehead atoms. The van der Waals surface area contributed by atoms with Gasteiger partial charge in [-0.2, -0.15) is 19.3 Å². The summed E-state index contributed by atoms with van der Waals surface area (Å²) in [7, 11) is 14.0. The van der Waals surface area contributed by atoms with Crippen LogP contribution >= 0.6 is 34.7 Å². The number of anilines is 7. The minimum atomic E-state index is -0.662. The van der Waals surface area contributed by atoms with Crippen LogP contribution in [0.15, 0.2) is 30.7 Å². The van der Waals surface area contributed by atoms with Gasteiger partial charge in [0.2, 0.25) is 0 Å². The highest BCUT2D eigenvalue weighted by molar-refractivity contribution is 7.10. The van der Waals surface area contributed by atoms with Crippen molar-refractivity contribution < 1.29 is 43.0 Å². The maximum Gasteiger partial charge on any atom is 0.407 e. The van der Waals surface area contributed by atoms with E-state index in [0.717, 1.165) is 151 Å². The van der Waals surface area contributed by atoms with Crippen molar-refractivity contribution in [2.75, 3.05) is 148 Å². The van der Waals surface area contributed by atoms with E-state index >= 15 is 0 Å². The molecule has 0 saturated carbocycles. The lowest BCUT2D eigenvalue weighted by Gasteiger charge is -2.28. The predicted octanol–water partition coefficient (Wildman–Crippen LogP) is 10.5. The summed E-state index contributed by atoms with van der Waals surface area (Å²) in [5.74, 6) is 1.62. The molecular weight excluding hydrogens is 1520 g/mol. The van der Waals surface area contributed by atoms with Gasteiger partial charge in [-0.1, -0.05) is 18.0 Å². The van der Waals surface area contributed by atoms with Gasteiger partial charge >= 0.3 is 36.3 Å². The van der Waals surface area contributed by atoms with Gasteiger partial charge in [0.1, 0.15) is 50.8 Å². The first-order valence-electron chi connectivity index (χ1n) is 38.6. The standard InChI is InChI=1S/C18H26N8O2S.C18H24N8OS.C14H19ClN6O.C14H27N3O3.C11H22N2O2/c1-11-8-14(29-24-11)23-17-15(16(19)27)20-9-13(22-17)21-12-6-4-5-7-26(10-12)18(28)25(2)3;1-12-8-16(28-24-12)23-17-14(9-19)20-10-15(22-17)21-13-6-4-5-7-26(11-13)18(27)25(2)3;1-20(2)14(22)21-6-4-3-5-10(9-21)18-12-8-17-11(7-16)13(15)19-12;1-14(2,3)20-12(18)15-11-8-6-7-9-17(10-11)13(19)16(4)5;1-11(2,3)15-10(14)13-9-6-4-5-7-12-8-9/h8-9,12H,4-7,10H2,1-3H3,(H2,19,27)(H2,21,22,23);8,10,13H,4-7,11H2,1-3H3,(H2,21,22,23);8,10H,3-6,9H2,1-2H3,(H,18,19);11H,6-10H2,1-5H3,(H,15,18);9,12H,4-8H2,1-3H3,(H,13,14)/t12-;13-;10-;11-;9-/m11111/s1. The Bertz CT molecular complexity index is 4020. The van der Waals surface area contributed by atoms with Gasteiger partial charge in [-0.3, -0.25) is 4.79 Å². The third-order valence-electron chi connectivity index (χ3n) is 17.8. The largest absolute Gasteiger partial charge is 0.444 e. The first-order valence-corrected chi connectivity index (χ1v) is 40.5. The molecule has 5 aromatic heterocycles. The van der Waals surface area contributed by atoms with Crippen LogP contribution in [0.4, 0.5) is 67.9 Å². The maximum atomic E-state index is 12.4. The van der Waals surface area contributed by atoms with Gasteiger partial charge in [0.25, 0.3) is 5.91 Å². The molecule has 11 amide bonds. The summed E-state index contributed by atoms with van der Waals surface area (Å²) in [6, 6.07) is 8.06. The van der Waals surface area contributed by atoms with Gasteiger partial charge in [-0.05, 0) is 187 Å². The molecule has 5 aromatic rings. The molecule has 114 heavy (non-hydrogen) atoms. The minimum absolute atomic E-state index is 0.00298. The van der Waals surface area contributed by atoms with Crippen LogP contribution in [0.1, 0.15) is 171 Å². The molecular formula is C75H118ClN27O9S2. The van der Waals surface area contributed by atoms with E-state index in [1.807, 2.05) is 88.3 Å². The predicted molar refractivity (Wildman–Crippen MR) is 443 cm³/mol. The van der Waals surface area contributed by atoms with E-state index < -0.39 is 23.2 Å². The number of primary amides is 1. The molecule has 0 aliphatic carbocycles. The summed E-state index contributed by atoms with van der Waals surface area (Å²) in [6.45, 7) is 22.1. The Balaban J connectivity index is 0.000000226. The number of amides is 11. The normalized spacial score (nSPS) is 18.5. The van der Waals surface area contributed by atoms with Crippen molar-refractivity contribution in [2.24, 2.45) is 5.73 Å². The summed E-state index contributed by atoms with van der Waals surface area (Å²) in [5, 5.41) is 45.0. The highest BCUT2D eigenvalue weighted by atomic mass is 35.5. The Morgan fingerprint density at radius 1 is 0.509 bits per heavy atom. The molecule has 0 aromatic carbocycles. The third-order valence-corrected chi connectivity index (χ3v) is 19.7. The molecule has 36 nitrogen and oxygen atoms in total. The second kappa shape index (κ2) is 45.6. The van der Waals surface area contributed by atoms with Crippen molar-refractivity contribution in [2.45, 2.75) is 193 Å². The number of aryl methyl sites for hydroxylation is 2. The van der Waals surface area contributed by atoms with Crippen molar-refractivity contribution in [3.8, 4) is 12.1 Å². The number of nitrogens with zero attached hydrogens (tertiary/aromatic N) is 18. The number of nitrogens with one attached hydrogen (secondary N) is 8. The van der Waals surface area contributed by atoms with Crippen LogP contribution in [0.25, 0.3) is 0 Å². The number of nitrogens with two attached hydrogens (primary N) is 1. The van der Waals surface area contributed by atoms with E-state index in [1.165, 1.54) is 41.9 Å². The first-order chi connectivity index (χ1) is 54.0. The Morgan fingerprint density at radius 3 is 1.24 bits per heavy atom. The Kier molecular flexibility index (Phi) is 37.1. The fourth-order valence-electron chi connectivity index (χ4n) is 12.5. The van der Waals surface area contributed by atoms with Gasteiger partial charge in [0.05, 0.1) is 30.0 Å². The zero-order valence-corrected chi connectivity index (χ0v) is 71.3. The summed E-state index contributed by atoms with van der Waals surface area (Å²) in [4.78, 5) is 123. The molecule has 626 valence electrons. The molecule has 10 N–H and O–H groups in total. The van der Waals surface area contributed by atoms with E-state index in [0.29, 0.717) is 49.5 Å². The monoisotopic (exact) mass is 1640 g/mol. The number of likely N-dealkylation sites (tertiary alicyclic amines) is 4. The molecule has 0 radical (unpaired) electrons. The van der Waals surface area contributed by atoms with Crippen LogP contribution in [0.3, 0.4) is 0 Å². The van der Waals surface area contributed by atoms with E-state index in [4.69, 9.17) is 32.1 Å². The van der Waals surface area contributed by atoms with Crippen LogP contribution in [0, 0.1) is 36.5 Å². The number of alkyl carbamates (subject to hydrolysis) is 2. The quantitative estimate of drug-likeness (QED) is 0.0529. The smallest absolute Gasteiger partial charge is 0.407 e. The average Bonchev–Trinajstić information content (AvgIpc) is 1.55. The van der Waals surface area contributed by atoms with Crippen molar-refractivity contribution >= 4 is 116 Å².